The summed E-state index contributed by atoms with van der Waals surface area (Å²) in [5.41, 5.74) is 3.56. The maximum absolute atomic E-state index is 12.9. The molecule has 0 spiro atoms. The van der Waals surface area contributed by atoms with E-state index < -0.39 is 11.9 Å². The molecule has 6 rings (SSSR count). The van der Waals surface area contributed by atoms with E-state index in [0.29, 0.717) is 34.4 Å². The van der Waals surface area contributed by atoms with Crippen LogP contribution in [0.15, 0.2) is 41.4 Å². The minimum atomic E-state index is -0.509. The van der Waals surface area contributed by atoms with E-state index in [4.69, 9.17) is 21.1 Å². The highest BCUT2D eigenvalue weighted by molar-refractivity contribution is 6.35. The maximum atomic E-state index is 12.9. The molecular formula is C23H20ClN9O2. The van der Waals surface area contributed by atoms with Gasteiger partial charge in [0.15, 0.2) is 28.8 Å². The van der Waals surface area contributed by atoms with Crippen LogP contribution in [0, 0.1) is 0 Å². The zero-order valence-electron chi connectivity index (χ0n) is 18.8. The Balaban J connectivity index is 1.21. The molecule has 1 fully saturated rings. The van der Waals surface area contributed by atoms with Crippen LogP contribution < -0.4 is 5.32 Å². The maximum Gasteiger partial charge on any atom is 0.272 e. The van der Waals surface area contributed by atoms with Crippen LogP contribution in [0.4, 0.5) is 0 Å². The first kappa shape index (κ1) is 21.4. The quantitative estimate of drug-likeness (QED) is 0.324. The highest BCUT2D eigenvalue weighted by atomic mass is 35.5. The van der Waals surface area contributed by atoms with Gasteiger partial charge in [-0.3, -0.25) is 4.79 Å². The topological polar surface area (TPSA) is 151 Å². The third kappa shape index (κ3) is 3.83. The summed E-state index contributed by atoms with van der Waals surface area (Å²) in [4.78, 5) is 40.6. The van der Waals surface area contributed by atoms with Crippen LogP contribution in [-0.2, 0) is 5.41 Å². The predicted molar refractivity (Wildman–Crippen MR) is 126 cm³/mol. The van der Waals surface area contributed by atoms with Gasteiger partial charge in [-0.1, -0.05) is 23.7 Å². The molecule has 0 saturated heterocycles. The number of hydrogen-bond acceptors (Lipinski definition) is 8. The van der Waals surface area contributed by atoms with Crippen LogP contribution in [0.25, 0.3) is 34.2 Å². The lowest BCUT2D eigenvalue weighted by atomic mass is 10.1. The van der Waals surface area contributed by atoms with Crippen LogP contribution in [0.1, 0.15) is 54.7 Å². The van der Waals surface area contributed by atoms with Gasteiger partial charge >= 0.3 is 0 Å². The van der Waals surface area contributed by atoms with Gasteiger partial charge in [-0.25, -0.2) is 24.9 Å². The SMILES string of the molecule is CC(NC(=O)c1ncnc(-c2ncc[nH]2)c1Cl)c1cc(-c2nc3nc(C4(C)CC4)ccc3[nH]2)no1. The summed E-state index contributed by atoms with van der Waals surface area (Å²) in [6.07, 6.45) is 6.76. The van der Waals surface area contributed by atoms with E-state index in [-0.39, 0.29) is 16.1 Å². The summed E-state index contributed by atoms with van der Waals surface area (Å²) < 4.78 is 5.49. The number of nitrogens with zero attached hydrogens (tertiary/aromatic N) is 6. The molecule has 0 radical (unpaired) electrons. The van der Waals surface area contributed by atoms with E-state index in [0.717, 1.165) is 24.1 Å². The Bertz CT molecular complexity index is 1550. The Morgan fingerprint density at radius 3 is 2.83 bits per heavy atom. The lowest BCUT2D eigenvalue weighted by Crippen LogP contribution is -2.27. The van der Waals surface area contributed by atoms with Crippen molar-refractivity contribution in [3.05, 3.63) is 59.1 Å². The number of pyridine rings is 1. The van der Waals surface area contributed by atoms with Crippen LogP contribution in [0.2, 0.25) is 5.02 Å². The third-order valence-electron chi connectivity index (χ3n) is 6.24. The fourth-order valence-electron chi connectivity index (χ4n) is 3.82. The Morgan fingerprint density at radius 1 is 1.20 bits per heavy atom. The highest BCUT2D eigenvalue weighted by Crippen LogP contribution is 2.46. The van der Waals surface area contributed by atoms with Gasteiger partial charge in [0, 0.05) is 29.6 Å². The first-order valence-corrected chi connectivity index (χ1v) is 11.4. The molecule has 3 N–H and O–H groups in total. The van der Waals surface area contributed by atoms with E-state index in [1.807, 2.05) is 12.1 Å². The number of imidazole rings is 2. The summed E-state index contributed by atoms with van der Waals surface area (Å²) in [6, 6.07) is 5.25. The molecule has 1 aliphatic rings. The minimum absolute atomic E-state index is 0.0307. The molecule has 1 atom stereocenters. The average molecular weight is 490 g/mol. The molecular weight excluding hydrogens is 470 g/mol. The van der Waals surface area contributed by atoms with E-state index in [1.165, 1.54) is 6.33 Å². The summed E-state index contributed by atoms with van der Waals surface area (Å²) in [5.74, 6) is 0.952. The van der Waals surface area contributed by atoms with E-state index in [1.54, 1.807) is 25.4 Å². The van der Waals surface area contributed by atoms with Gasteiger partial charge in [0.1, 0.15) is 22.7 Å². The van der Waals surface area contributed by atoms with E-state index in [9.17, 15) is 4.79 Å². The Hall–Kier alpha value is -4.12. The monoisotopic (exact) mass is 489 g/mol. The Labute approximate surface area is 203 Å². The van der Waals surface area contributed by atoms with Gasteiger partial charge in [-0.05, 0) is 31.9 Å². The number of fused-ring (bicyclic) bond motifs is 1. The minimum Gasteiger partial charge on any atom is -0.358 e. The first-order valence-electron chi connectivity index (χ1n) is 11.1. The molecule has 0 aromatic carbocycles. The molecule has 0 aliphatic heterocycles. The summed E-state index contributed by atoms with van der Waals surface area (Å²) in [6.45, 7) is 3.98. The summed E-state index contributed by atoms with van der Waals surface area (Å²) in [5, 5.41) is 7.04. The van der Waals surface area contributed by atoms with Crippen molar-refractivity contribution in [2.24, 2.45) is 0 Å². The number of nitrogens with one attached hydrogen (secondary N) is 3. The van der Waals surface area contributed by atoms with Gasteiger partial charge in [-0.15, -0.1) is 0 Å². The van der Waals surface area contributed by atoms with Crippen molar-refractivity contribution in [2.45, 2.75) is 38.1 Å². The molecule has 1 unspecified atom stereocenters. The Kier molecular flexibility index (Phi) is 4.88. The number of H-pyrrole nitrogens is 2. The van der Waals surface area contributed by atoms with Crippen LogP contribution >= 0.6 is 11.6 Å². The third-order valence-corrected chi connectivity index (χ3v) is 6.59. The summed E-state index contributed by atoms with van der Waals surface area (Å²) >= 11 is 6.39. The number of carbonyl (C=O) groups excluding carboxylic acids is 1. The largest absolute Gasteiger partial charge is 0.358 e. The van der Waals surface area contributed by atoms with Crippen LogP contribution in [0.5, 0.6) is 0 Å². The second-order valence-electron chi connectivity index (χ2n) is 8.85. The second-order valence-corrected chi connectivity index (χ2v) is 9.22. The molecule has 1 saturated carbocycles. The number of hydrogen-bond donors (Lipinski definition) is 3. The van der Waals surface area contributed by atoms with Crippen molar-refractivity contribution in [1.29, 1.82) is 0 Å². The fourth-order valence-corrected chi connectivity index (χ4v) is 4.10. The van der Waals surface area contributed by atoms with Gasteiger partial charge < -0.3 is 19.8 Å². The molecule has 0 bridgehead atoms. The van der Waals surface area contributed by atoms with Crippen molar-refractivity contribution < 1.29 is 9.32 Å². The van der Waals surface area contributed by atoms with Crippen LogP contribution in [0.3, 0.4) is 0 Å². The molecule has 5 aromatic rings. The van der Waals surface area contributed by atoms with Crippen molar-refractivity contribution in [3.63, 3.8) is 0 Å². The van der Waals surface area contributed by atoms with Crippen molar-refractivity contribution in [2.75, 3.05) is 0 Å². The standard InChI is InChI=1S/C23H20ClN9O2/c1-11(29-22(34)18-16(24)17(27-10-28-18)21-25-7-8-26-21)14-9-13(33-35-14)20-30-12-3-4-15(23(2)5-6-23)31-19(12)32-20/h3-4,7-11H,5-6H2,1-2H3,(H,25,26)(H,29,34)(H,30,31,32). The lowest BCUT2D eigenvalue weighted by molar-refractivity contribution is 0.0928. The molecule has 176 valence electrons. The second kappa shape index (κ2) is 7.98. The smallest absolute Gasteiger partial charge is 0.272 e. The normalized spacial score (nSPS) is 15.3. The Morgan fingerprint density at radius 2 is 2.06 bits per heavy atom. The molecule has 5 heterocycles. The van der Waals surface area contributed by atoms with Crippen molar-refractivity contribution in [1.82, 2.24) is 45.4 Å². The van der Waals surface area contributed by atoms with Gasteiger partial charge in [0.25, 0.3) is 5.91 Å². The summed E-state index contributed by atoms with van der Waals surface area (Å²) in [7, 11) is 0. The number of aromatic amines is 2. The molecule has 1 aliphatic carbocycles. The molecule has 1 amide bonds. The predicted octanol–water partition coefficient (Wildman–Crippen LogP) is 3.99. The lowest BCUT2D eigenvalue weighted by Gasteiger charge is -2.11. The molecule has 12 heteroatoms. The van der Waals surface area contributed by atoms with E-state index in [2.05, 4.69) is 47.3 Å². The van der Waals surface area contributed by atoms with Gasteiger partial charge in [0.05, 0.1) is 11.6 Å². The zero-order valence-corrected chi connectivity index (χ0v) is 19.6. The highest BCUT2D eigenvalue weighted by Gasteiger charge is 2.40. The zero-order chi connectivity index (χ0) is 24.2. The number of amides is 1. The van der Waals surface area contributed by atoms with Gasteiger partial charge in [-0.2, -0.15) is 0 Å². The van der Waals surface area contributed by atoms with Crippen molar-refractivity contribution >= 4 is 28.7 Å². The molecule has 35 heavy (non-hydrogen) atoms. The molecule has 5 aromatic heterocycles. The molecule has 11 nitrogen and oxygen atoms in total. The van der Waals surface area contributed by atoms with Crippen LogP contribution in [-0.4, -0.2) is 46.0 Å². The number of halogens is 1. The fraction of sp³-hybridized carbons (Fsp3) is 0.261. The first-order chi connectivity index (χ1) is 16.9. The van der Waals surface area contributed by atoms with Gasteiger partial charge in [0.2, 0.25) is 0 Å². The number of rotatable bonds is 6. The van der Waals surface area contributed by atoms with E-state index >= 15 is 0 Å². The average Bonchev–Trinajstić information content (AvgIpc) is 3.32. The van der Waals surface area contributed by atoms with Crippen molar-refractivity contribution in [3.8, 4) is 23.0 Å². The number of aromatic nitrogens is 8. The number of carbonyl (C=O) groups is 1.